The number of rotatable bonds is 3. The van der Waals surface area contributed by atoms with Crippen molar-refractivity contribution in [1.82, 2.24) is 4.57 Å². The Balaban J connectivity index is 2.09. The molecule has 0 aliphatic rings. The predicted molar refractivity (Wildman–Crippen MR) is 76.0 cm³/mol. The SMILES string of the molecule is CCn1c(=O)oc2cc(C(=O)c3ccc(Br)o3)ccc21. The van der Waals surface area contributed by atoms with Gasteiger partial charge in [-0.3, -0.25) is 9.36 Å². The van der Waals surface area contributed by atoms with Crippen LogP contribution in [-0.2, 0) is 6.54 Å². The zero-order valence-electron chi connectivity index (χ0n) is 10.6. The van der Waals surface area contributed by atoms with Gasteiger partial charge in [0.1, 0.15) is 0 Å². The smallest absolute Gasteiger partial charge is 0.419 e. The predicted octanol–water partition coefficient (Wildman–Crippen LogP) is 3.20. The van der Waals surface area contributed by atoms with E-state index in [0.29, 0.717) is 27.9 Å². The van der Waals surface area contributed by atoms with Crippen LogP contribution in [0.5, 0.6) is 0 Å². The lowest BCUT2D eigenvalue weighted by atomic mass is 10.1. The quantitative estimate of drug-likeness (QED) is 0.689. The number of benzene rings is 1. The van der Waals surface area contributed by atoms with E-state index in [2.05, 4.69) is 15.9 Å². The zero-order chi connectivity index (χ0) is 14.3. The van der Waals surface area contributed by atoms with E-state index in [0.717, 1.165) is 0 Å². The monoisotopic (exact) mass is 335 g/mol. The van der Waals surface area contributed by atoms with Crippen molar-refractivity contribution in [3.63, 3.8) is 0 Å². The summed E-state index contributed by atoms with van der Waals surface area (Å²) in [5.41, 5.74) is 1.49. The summed E-state index contributed by atoms with van der Waals surface area (Å²) in [5.74, 6) is -0.453. The van der Waals surface area contributed by atoms with Gasteiger partial charge >= 0.3 is 5.76 Å². The van der Waals surface area contributed by atoms with Crippen molar-refractivity contribution in [1.29, 1.82) is 0 Å². The lowest BCUT2D eigenvalue weighted by Gasteiger charge is -1.99. The summed E-state index contributed by atoms with van der Waals surface area (Å²) in [7, 11) is 0. The normalized spacial score (nSPS) is 11.1. The lowest BCUT2D eigenvalue weighted by molar-refractivity contribution is 0.101. The topological polar surface area (TPSA) is 65.3 Å². The molecular formula is C14H10BrNO4. The highest BCUT2D eigenvalue weighted by Crippen LogP contribution is 2.20. The van der Waals surface area contributed by atoms with Gasteiger partial charge in [0.05, 0.1) is 5.52 Å². The molecule has 0 amide bonds. The molecule has 0 atom stereocenters. The largest absolute Gasteiger partial charge is 0.446 e. The molecule has 0 radical (unpaired) electrons. The van der Waals surface area contributed by atoms with E-state index in [-0.39, 0.29) is 11.5 Å². The second-order valence-corrected chi connectivity index (χ2v) is 5.01. The number of hydrogen-bond donors (Lipinski definition) is 0. The van der Waals surface area contributed by atoms with Gasteiger partial charge in [-0.1, -0.05) is 0 Å². The van der Waals surface area contributed by atoms with Gasteiger partial charge in [-0.25, -0.2) is 4.79 Å². The Labute approximate surface area is 121 Å². The second-order valence-electron chi connectivity index (χ2n) is 4.23. The maximum atomic E-state index is 12.2. The number of carbonyl (C=O) groups excluding carboxylic acids is 1. The molecule has 3 aromatic rings. The molecule has 20 heavy (non-hydrogen) atoms. The number of aromatic nitrogens is 1. The van der Waals surface area contributed by atoms with E-state index in [1.807, 2.05) is 6.92 Å². The fourth-order valence-corrected chi connectivity index (χ4v) is 2.39. The highest BCUT2D eigenvalue weighted by atomic mass is 79.9. The molecule has 0 aliphatic heterocycles. The van der Waals surface area contributed by atoms with E-state index < -0.39 is 5.76 Å². The molecule has 2 aromatic heterocycles. The number of aryl methyl sites for hydroxylation is 1. The summed E-state index contributed by atoms with van der Waals surface area (Å²) in [6.07, 6.45) is 0. The summed E-state index contributed by atoms with van der Waals surface area (Å²) in [6.45, 7) is 2.38. The minimum absolute atomic E-state index is 0.230. The van der Waals surface area contributed by atoms with Crippen molar-refractivity contribution in [2.24, 2.45) is 0 Å². The van der Waals surface area contributed by atoms with Crippen molar-refractivity contribution < 1.29 is 13.6 Å². The van der Waals surface area contributed by atoms with E-state index in [1.54, 1.807) is 30.3 Å². The second kappa shape index (κ2) is 4.79. The Kier molecular flexibility index (Phi) is 3.10. The summed E-state index contributed by atoms with van der Waals surface area (Å²) in [5, 5.41) is 0. The Bertz CT molecular complexity index is 856. The molecule has 0 N–H and O–H groups in total. The highest BCUT2D eigenvalue weighted by Gasteiger charge is 2.16. The maximum absolute atomic E-state index is 12.2. The van der Waals surface area contributed by atoms with Crippen molar-refractivity contribution in [2.75, 3.05) is 0 Å². The van der Waals surface area contributed by atoms with Gasteiger partial charge in [-0.2, -0.15) is 0 Å². The number of ketones is 1. The van der Waals surface area contributed by atoms with Crippen LogP contribution in [0.15, 0.2) is 48.6 Å². The van der Waals surface area contributed by atoms with Crippen molar-refractivity contribution in [2.45, 2.75) is 13.5 Å². The molecule has 2 heterocycles. The van der Waals surface area contributed by atoms with Crippen LogP contribution in [0.3, 0.4) is 0 Å². The van der Waals surface area contributed by atoms with Crippen LogP contribution in [-0.4, -0.2) is 10.4 Å². The van der Waals surface area contributed by atoms with Crippen LogP contribution in [0.4, 0.5) is 0 Å². The maximum Gasteiger partial charge on any atom is 0.419 e. The number of carbonyl (C=O) groups is 1. The van der Waals surface area contributed by atoms with Crippen LogP contribution in [0, 0.1) is 0 Å². The molecule has 0 spiro atoms. The Morgan fingerprint density at radius 2 is 2.05 bits per heavy atom. The van der Waals surface area contributed by atoms with Crippen LogP contribution < -0.4 is 5.76 Å². The van der Waals surface area contributed by atoms with E-state index in [9.17, 15) is 9.59 Å². The number of fused-ring (bicyclic) bond motifs is 1. The van der Waals surface area contributed by atoms with Crippen molar-refractivity contribution >= 4 is 32.8 Å². The third-order valence-corrected chi connectivity index (χ3v) is 3.47. The van der Waals surface area contributed by atoms with E-state index >= 15 is 0 Å². The highest BCUT2D eigenvalue weighted by molar-refractivity contribution is 9.10. The molecule has 0 fully saturated rings. The molecule has 5 nitrogen and oxygen atoms in total. The number of hydrogen-bond acceptors (Lipinski definition) is 4. The number of halogens is 1. The lowest BCUT2D eigenvalue weighted by Crippen LogP contribution is -2.11. The third-order valence-electron chi connectivity index (χ3n) is 3.04. The van der Waals surface area contributed by atoms with Gasteiger partial charge in [-0.05, 0) is 53.2 Å². The standard InChI is InChI=1S/C14H10BrNO4/c1-2-16-9-4-3-8(7-11(9)20-14(16)18)13(17)10-5-6-12(15)19-10/h3-7H,2H2,1H3. The molecular weight excluding hydrogens is 326 g/mol. The molecule has 0 aliphatic carbocycles. The average Bonchev–Trinajstić information content (AvgIpc) is 2.99. The minimum atomic E-state index is -0.423. The van der Waals surface area contributed by atoms with Gasteiger partial charge in [0.15, 0.2) is 16.0 Å². The van der Waals surface area contributed by atoms with Crippen molar-refractivity contribution in [3.05, 3.63) is 56.9 Å². The van der Waals surface area contributed by atoms with Gasteiger partial charge in [-0.15, -0.1) is 0 Å². The van der Waals surface area contributed by atoms with Crippen LogP contribution in [0.1, 0.15) is 23.0 Å². The molecule has 0 saturated carbocycles. The Morgan fingerprint density at radius 1 is 1.25 bits per heavy atom. The number of oxazole rings is 1. The third kappa shape index (κ3) is 2.02. The first-order valence-corrected chi connectivity index (χ1v) is 6.83. The van der Waals surface area contributed by atoms with Crippen LogP contribution in [0.2, 0.25) is 0 Å². The van der Waals surface area contributed by atoms with Gasteiger partial charge in [0.25, 0.3) is 0 Å². The molecule has 0 unspecified atom stereocenters. The first-order chi connectivity index (χ1) is 9.60. The average molecular weight is 336 g/mol. The molecule has 0 bridgehead atoms. The summed E-state index contributed by atoms with van der Waals surface area (Å²) >= 11 is 3.15. The van der Waals surface area contributed by atoms with Crippen LogP contribution in [0.25, 0.3) is 11.1 Å². The van der Waals surface area contributed by atoms with E-state index in [4.69, 9.17) is 8.83 Å². The van der Waals surface area contributed by atoms with E-state index in [1.165, 1.54) is 4.57 Å². The zero-order valence-corrected chi connectivity index (χ0v) is 12.1. The minimum Gasteiger partial charge on any atom is -0.446 e. The summed E-state index contributed by atoms with van der Waals surface area (Å²) in [6, 6.07) is 8.16. The summed E-state index contributed by atoms with van der Waals surface area (Å²) in [4.78, 5) is 23.8. The van der Waals surface area contributed by atoms with Gasteiger partial charge in [0.2, 0.25) is 5.78 Å². The molecule has 1 aromatic carbocycles. The fraction of sp³-hybridized carbons (Fsp3) is 0.143. The number of furan rings is 1. The summed E-state index contributed by atoms with van der Waals surface area (Å²) < 4.78 is 12.4. The van der Waals surface area contributed by atoms with Gasteiger partial charge in [0, 0.05) is 12.1 Å². The molecule has 6 heteroatoms. The van der Waals surface area contributed by atoms with Gasteiger partial charge < -0.3 is 8.83 Å². The first-order valence-electron chi connectivity index (χ1n) is 6.03. The van der Waals surface area contributed by atoms with Crippen LogP contribution >= 0.6 is 15.9 Å². The Hall–Kier alpha value is -2.08. The first kappa shape index (κ1) is 12.9. The Morgan fingerprint density at radius 3 is 2.70 bits per heavy atom. The molecule has 3 rings (SSSR count). The molecule has 0 saturated heterocycles. The number of nitrogens with zero attached hydrogens (tertiary/aromatic N) is 1. The van der Waals surface area contributed by atoms with Crippen molar-refractivity contribution in [3.8, 4) is 0 Å². The molecule has 102 valence electrons. The fourth-order valence-electron chi connectivity index (χ4n) is 2.09.